The second-order valence-corrected chi connectivity index (χ2v) is 3.14. The lowest BCUT2D eigenvalue weighted by molar-refractivity contribution is 0.101. The summed E-state index contributed by atoms with van der Waals surface area (Å²) in [6.07, 6.45) is 0. The molecule has 19 heavy (non-hydrogen) atoms. The minimum atomic E-state index is -0.266. The first kappa shape index (κ1) is 16.9. The zero-order chi connectivity index (χ0) is 14.7. The molecule has 0 atom stereocenters. The van der Waals surface area contributed by atoms with Crippen LogP contribution in [0, 0.1) is 6.92 Å². The van der Waals surface area contributed by atoms with Crippen LogP contribution in [0.2, 0.25) is 0 Å². The first-order valence-electron chi connectivity index (χ1n) is 6.55. The quantitative estimate of drug-likeness (QED) is 0.878. The summed E-state index contributed by atoms with van der Waals surface area (Å²) in [6, 6.07) is 10.8. The standard InChI is InChI=1S/C11H10N2O2.2C2H6/c1-8-7-10(13-15-8)11(14)12-9-5-3-2-4-6-9;2*1-2/h2-7H,1H3,(H,12,14);2*1-2H3. The van der Waals surface area contributed by atoms with Crippen molar-refractivity contribution in [3.05, 3.63) is 47.9 Å². The molecule has 1 amide bonds. The number of benzene rings is 1. The van der Waals surface area contributed by atoms with Gasteiger partial charge in [0.15, 0.2) is 5.69 Å². The number of hydrogen-bond donors (Lipinski definition) is 1. The highest BCUT2D eigenvalue weighted by Gasteiger charge is 2.10. The second-order valence-electron chi connectivity index (χ2n) is 3.14. The molecule has 2 rings (SSSR count). The number of aryl methyl sites for hydroxylation is 1. The van der Waals surface area contributed by atoms with E-state index in [1.807, 2.05) is 58.0 Å². The van der Waals surface area contributed by atoms with Gasteiger partial charge in [-0.15, -0.1) is 0 Å². The van der Waals surface area contributed by atoms with Crippen LogP contribution in [-0.4, -0.2) is 11.1 Å². The smallest absolute Gasteiger partial charge is 0.277 e. The zero-order valence-electron chi connectivity index (χ0n) is 12.2. The molecular weight excluding hydrogens is 240 g/mol. The fraction of sp³-hybridized carbons (Fsp3) is 0.333. The molecule has 0 aliphatic carbocycles. The lowest BCUT2D eigenvalue weighted by Crippen LogP contribution is -2.11. The van der Waals surface area contributed by atoms with Gasteiger partial charge in [-0.3, -0.25) is 4.79 Å². The van der Waals surface area contributed by atoms with Crippen LogP contribution >= 0.6 is 0 Å². The van der Waals surface area contributed by atoms with E-state index in [1.54, 1.807) is 13.0 Å². The molecule has 1 aromatic carbocycles. The summed E-state index contributed by atoms with van der Waals surface area (Å²) in [7, 11) is 0. The molecule has 1 N–H and O–H groups in total. The fourth-order valence-corrected chi connectivity index (χ4v) is 1.19. The van der Waals surface area contributed by atoms with Gasteiger partial charge in [0.1, 0.15) is 5.76 Å². The van der Waals surface area contributed by atoms with Gasteiger partial charge < -0.3 is 9.84 Å². The summed E-state index contributed by atoms with van der Waals surface area (Å²) < 4.78 is 4.81. The van der Waals surface area contributed by atoms with E-state index < -0.39 is 0 Å². The summed E-state index contributed by atoms with van der Waals surface area (Å²) >= 11 is 0. The third-order valence-corrected chi connectivity index (χ3v) is 1.89. The van der Waals surface area contributed by atoms with Crippen LogP contribution in [0.5, 0.6) is 0 Å². The largest absolute Gasteiger partial charge is 0.361 e. The minimum absolute atomic E-state index is 0.266. The average molecular weight is 262 g/mol. The molecule has 0 radical (unpaired) electrons. The molecule has 0 aliphatic rings. The summed E-state index contributed by atoms with van der Waals surface area (Å²) in [5.41, 5.74) is 1.03. The average Bonchev–Trinajstić information content (AvgIpc) is 2.91. The van der Waals surface area contributed by atoms with E-state index in [9.17, 15) is 4.79 Å². The van der Waals surface area contributed by atoms with Crippen molar-refractivity contribution >= 4 is 11.6 Å². The molecule has 104 valence electrons. The van der Waals surface area contributed by atoms with Crippen LogP contribution in [0.1, 0.15) is 43.9 Å². The van der Waals surface area contributed by atoms with E-state index >= 15 is 0 Å². The second kappa shape index (κ2) is 9.88. The number of nitrogens with zero attached hydrogens (tertiary/aromatic N) is 1. The third-order valence-electron chi connectivity index (χ3n) is 1.89. The minimum Gasteiger partial charge on any atom is -0.361 e. The molecule has 2 aromatic rings. The van der Waals surface area contributed by atoms with Crippen LogP contribution in [0.25, 0.3) is 0 Å². The van der Waals surface area contributed by atoms with Crippen molar-refractivity contribution in [3.63, 3.8) is 0 Å². The Balaban J connectivity index is 0.000000741. The van der Waals surface area contributed by atoms with Crippen LogP contribution in [0.3, 0.4) is 0 Å². The number of anilines is 1. The van der Waals surface area contributed by atoms with Crippen LogP contribution < -0.4 is 5.32 Å². The number of hydrogen-bond acceptors (Lipinski definition) is 3. The molecule has 0 aliphatic heterocycles. The normalized spacial score (nSPS) is 8.47. The Morgan fingerprint density at radius 2 is 1.68 bits per heavy atom. The van der Waals surface area contributed by atoms with Crippen molar-refractivity contribution in [3.8, 4) is 0 Å². The molecule has 0 saturated heterocycles. The number of rotatable bonds is 2. The number of carbonyl (C=O) groups excluding carboxylic acids is 1. The highest BCUT2D eigenvalue weighted by molar-refractivity contribution is 6.02. The number of nitrogens with one attached hydrogen (secondary N) is 1. The maximum absolute atomic E-state index is 11.6. The zero-order valence-corrected chi connectivity index (χ0v) is 12.2. The highest BCUT2D eigenvalue weighted by Crippen LogP contribution is 2.08. The van der Waals surface area contributed by atoms with Crippen molar-refractivity contribution in [2.45, 2.75) is 34.6 Å². The van der Waals surface area contributed by atoms with Gasteiger partial charge in [0, 0.05) is 11.8 Å². The molecule has 0 spiro atoms. The van der Waals surface area contributed by atoms with Gasteiger partial charge >= 0.3 is 0 Å². The number of para-hydroxylation sites is 1. The summed E-state index contributed by atoms with van der Waals surface area (Å²) in [6.45, 7) is 9.74. The molecule has 4 heteroatoms. The molecule has 0 fully saturated rings. The van der Waals surface area contributed by atoms with Gasteiger partial charge in [-0.25, -0.2) is 0 Å². The van der Waals surface area contributed by atoms with Crippen molar-refractivity contribution in [2.75, 3.05) is 5.32 Å². The van der Waals surface area contributed by atoms with Crippen molar-refractivity contribution in [1.82, 2.24) is 5.16 Å². The van der Waals surface area contributed by atoms with Crippen molar-refractivity contribution in [1.29, 1.82) is 0 Å². The predicted molar refractivity (Wildman–Crippen MR) is 78.3 cm³/mol. The Kier molecular flexibility index (Phi) is 8.79. The van der Waals surface area contributed by atoms with Gasteiger partial charge in [-0.1, -0.05) is 51.1 Å². The monoisotopic (exact) mass is 262 g/mol. The topological polar surface area (TPSA) is 55.1 Å². The summed E-state index contributed by atoms with van der Waals surface area (Å²) in [4.78, 5) is 11.6. The molecule has 0 saturated carbocycles. The van der Waals surface area contributed by atoms with E-state index in [4.69, 9.17) is 4.52 Å². The van der Waals surface area contributed by atoms with Gasteiger partial charge in [0.25, 0.3) is 5.91 Å². The lowest BCUT2D eigenvalue weighted by Gasteiger charge is -2.00. The van der Waals surface area contributed by atoms with Gasteiger partial charge in [-0.2, -0.15) is 0 Å². The molecule has 1 aromatic heterocycles. The van der Waals surface area contributed by atoms with Crippen LogP contribution in [0.4, 0.5) is 5.69 Å². The fourth-order valence-electron chi connectivity index (χ4n) is 1.19. The van der Waals surface area contributed by atoms with E-state index in [0.717, 1.165) is 5.69 Å². The van der Waals surface area contributed by atoms with Crippen molar-refractivity contribution in [2.24, 2.45) is 0 Å². The van der Waals surface area contributed by atoms with Gasteiger partial charge in [0.05, 0.1) is 0 Å². The van der Waals surface area contributed by atoms with E-state index in [1.165, 1.54) is 0 Å². The van der Waals surface area contributed by atoms with Gasteiger partial charge in [0.2, 0.25) is 0 Å². The number of aromatic nitrogens is 1. The summed E-state index contributed by atoms with van der Waals surface area (Å²) in [5.74, 6) is 0.353. The first-order chi connectivity index (χ1) is 9.25. The molecular formula is C15H22N2O2. The Morgan fingerprint density at radius 1 is 1.11 bits per heavy atom. The first-order valence-corrected chi connectivity index (χ1v) is 6.55. The Bertz CT molecular complexity index is 464. The van der Waals surface area contributed by atoms with E-state index in [-0.39, 0.29) is 11.6 Å². The molecule has 0 bridgehead atoms. The van der Waals surface area contributed by atoms with Crippen molar-refractivity contribution < 1.29 is 9.32 Å². The van der Waals surface area contributed by atoms with Crippen LogP contribution in [-0.2, 0) is 0 Å². The maximum Gasteiger partial charge on any atom is 0.277 e. The maximum atomic E-state index is 11.6. The summed E-state index contributed by atoms with van der Waals surface area (Å²) in [5, 5.41) is 6.33. The number of carbonyl (C=O) groups is 1. The predicted octanol–water partition coefficient (Wildman–Crippen LogP) is 4.29. The van der Waals surface area contributed by atoms with E-state index in [2.05, 4.69) is 10.5 Å². The lowest BCUT2D eigenvalue weighted by atomic mass is 10.3. The highest BCUT2D eigenvalue weighted by atomic mass is 16.5. The third kappa shape index (κ3) is 5.86. The Hall–Kier alpha value is -2.10. The SMILES string of the molecule is CC.CC.Cc1cc(C(=O)Nc2ccccc2)no1. The van der Waals surface area contributed by atoms with E-state index in [0.29, 0.717) is 5.76 Å². The Labute approximate surface area is 114 Å². The molecule has 1 heterocycles. The van der Waals surface area contributed by atoms with Crippen LogP contribution in [0.15, 0.2) is 40.9 Å². The molecule has 4 nitrogen and oxygen atoms in total. The number of amides is 1. The molecule has 0 unspecified atom stereocenters. The Morgan fingerprint density at radius 3 is 2.16 bits per heavy atom. The van der Waals surface area contributed by atoms with Gasteiger partial charge in [-0.05, 0) is 19.1 Å².